The molecule has 0 saturated carbocycles. The minimum atomic E-state index is -0.507. The number of carbonyl (C=O) groups excluding carboxylic acids is 1. The van der Waals surface area contributed by atoms with Gasteiger partial charge in [-0.25, -0.2) is 4.39 Å². The van der Waals surface area contributed by atoms with Crippen molar-refractivity contribution >= 4 is 17.7 Å². The Kier molecular flexibility index (Phi) is 5.82. The topological polar surface area (TPSA) is 38.3 Å². The number of esters is 1. The summed E-state index contributed by atoms with van der Waals surface area (Å²) in [6, 6.07) is 5.02. The molecule has 3 nitrogen and oxygen atoms in total. The van der Waals surface area contributed by atoms with Gasteiger partial charge in [-0.1, -0.05) is 6.07 Å². The fourth-order valence-corrected chi connectivity index (χ4v) is 2.18. The van der Waals surface area contributed by atoms with E-state index in [1.165, 1.54) is 6.07 Å². The van der Waals surface area contributed by atoms with E-state index < -0.39 is 5.60 Å². The Morgan fingerprint density at radius 3 is 2.63 bits per heavy atom. The van der Waals surface area contributed by atoms with Crippen LogP contribution in [0.3, 0.4) is 0 Å². The Morgan fingerprint density at radius 1 is 1.42 bits per heavy atom. The third-order valence-electron chi connectivity index (χ3n) is 2.14. The van der Waals surface area contributed by atoms with Gasteiger partial charge in [-0.2, -0.15) is 0 Å². The number of benzene rings is 1. The quantitative estimate of drug-likeness (QED) is 0.667. The molecule has 0 heterocycles. The first-order valence-corrected chi connectivity index (χ1v) is 7.08. The van der Waals surface area contributed by atoms with Crippen molar-refractivity contribution in [2.45, 2.75) is 37.8 Å². The van der Waals surface area contributed by atoms with Crippen LogP contribution in [0.5, 0.6) is 0 Å². The first kappa shape index (κ1) is 16.0. The van der Waals surface area contributed by atoms with Crippen LogP contribution in [0.4, 0.5) is 4.39 Å². The van der Waals surface area contributed by atoms with Crippen molar-refractivity contribution in [3.63, 3.8) is 0 Å². The molecule has 0 amide bonds. The fraction of sp³-hybridized carbons (Fsp3) is 0.500. The molecule has 19 heavy (non-hydrogen) atoms. The Hall–Kier alpha value is -1.07. The summed E-state index contributed by atoms with van der Waals surface area (Å²) in [6.07, 6.45) is 0. The summed E-state index contributed by atoms with van der Waals surface area (Å²) in [5.74, 6) is -0.531. The molecule has 1 aromatic rings. The standard InChI is InChI=1S/C14H20FNO2S/c1-14(2,3)18-13(17)9-19-12-6-5-10(8-16-4)7-11(12)15/h5-7,16H,8-9H2,1-4H3. The van der Waals surface area contributed by atoms with Crippen LogP contribution in [0.2, 0.25) is 0 Å². The number of rotatable bonds is 5. The van der Waals surface area contributed by atoms with Crippen LogP contribution >= 0.6 is 11.8 Å². The van der Waals surface area contributed by atoms with Gasteiger partial charge in [0.05, 0.1) is 5.75 Å². The van der Waals surface area contributed by atoms with Crippen molar-refractivity contribution in [3.05, 3.63) is 29.6 Å². The fourth-order valence-electron chi connectivity index (χ4n) is 1.48. The van der Waals surface area contributed by atoms with E-state index in [0.717, 1.165) is 17.3 Å². The van der Waals surface area contributed by atoms with Gasteiger partial charge in [0.1, 0.15) is 11.4 Å². The molecule has 0 aliphatic heterocycles. The molecule has 0 fully saturated rings. The molecule has 1 rings (SSSR count). The lowest BCUT2D eigenvalue weighted by Gasteiger charge is -2.19. The van der Waals surface area contributed by atoms with Crippen LogP contribution in [-0.4, -0.2) is 24.4 Å². The molecular weight excluding hydrogens is 265 g/mol. The number of halogens is 1. The highest BCUT2D eigenvalue weighted by molar-refractivity contribution is 8.00. The predicted octanol–water partition coefficient (Wildman–Crippen LogP) is 2.98. The molecule has 0 saturated heterocycles. The Labute approximate surface area is 117 Å². The molecule has 0 atom stereocenters. The van der Waals surface area contributed by atoms with Gasteiger partial charge >= 0.3 is 5.97 Å². The van der Waals surface area contributed by atoms with Gasteiger partial charge in [-0.15, -0.1) is 11.8 Å². The molecule has 1 N–H and O–H groups in total. The van der Waals surface area contributed by atoms with E-state index in [4.69, 9.17) is 4.74 Å². The predicted molar refractivity (Wildman–Crippen MR) is 75.7 cm³/mol. The van der Waals surface area contributed by atoms with Crippen molar-refractivity contribution in [1.82, 2.24) is 5.32 Å². The van der Waals surface area contributed by atoms with Crippen LogP contribution in [0.25, 0.3) is 0 Å². The molecular formula is C14H20FNO2S. The summed E-state index contributed by atoms with van der Waals surface area (Å²) >= 11 is 1.15. The third kappa shape index (κ3) is 6.07. The largest absolute Gasteiger partial charge is 0.459 e. The summed E-state index contributed by atoms with van der Waals surface area (Å²) in [6.45, 7) is 6.04. The van der Waals surface area contributed by atoms with Crippen molar-refractivity contribution in [3.8, 4) is 0 Å². The van der Waals surface area contributed by atoms with E-state index in [-0.39, 0.29) is 17.5 Å². The molecule has 0 aliphatic rings. The van der Waals surface area contributed by atoms with Crippen LogP contribution in [0, 0.1) is 5.82 Å². The maximum atomic E-state index is 13.8. The molecule has 0 radical (unpaired) electrons. The van der Waals surface area contributed by atoms with Crippen LogP contribution in [-0.2, 0) is 16.1 Å². The average molecular weight is 285 g/mol. The summed E-state index contributed by atoms with van der Waals surface area (Å²) < 4.78 is 18.9. The molecule has 0 unspecified atom stereocenters. The van der Waals surface area contributed by atoms with E-state index in [0.29, 0.717) is 11.4 Å². The Bertz CT molecular complexity index is 444. The molecule has 106 valence electrons. The summed E-state index contributed by atoms with van der Waals surface area (Å²) in [5.41, 5.74) is 0.369. The molecule has 0 bridgehead atoms. The van der Waals surface area contributed by atoms with E-state index in [9.17, 15) is 9.18 Å². The molecule has 0 aromatic heterocycles. The molecule has 5 heteroatoms. The van der Waals surface area contributed by atoms with Gasteiger partial charge in [0.2, 0.25) is 0 Å². The van der Waals surface area contributed by atoms with Crippen molar-refractivity contribution in [1.29, 1.82) is 0 Å². The Balaban J connectivity index is 2.56. The van der Waals surface area contributed by atoms with E-state index >= 15 is 0 Å². The van der Waals surface area contributed by atoms with Crippen molar-refractivity contribution in [2.24, 2.45) is 0 Å². The average Bonchev–Trinajstić information content (AvgIpc) is 2.26. The first-order valence-electron chi connectivity index (χ1n) is 6.09. The lowest BCUT2D eigenvalue weighted by Crippen LogP contribution is -2.24. The minimum absolute atomic E-state index is 0.111. The van der Waals surface area contributed by atoms with Crippen molar-refractivity contribution in [2.75, 3.05) is 12.8 Å². The number of nitrogens with one attached hydrogen (secondary N) is 1. The van der Waals surface area contributed by atoms with Crippen LogP contribution in [0.15, 0.2) is 23.1 Å². The summed E-state index contributed by atoms with van der Waals surface area (Å²) in [4.78, 5) is 12.0. The number of ether oxygens (including phenoxy) is 1. The van der Waals surface area contributed by atoms with E-state index in [2.05, 4.69) is 5.32 Å². The van der Waals surface area contributed by atoms with Crippen LogP contribution < -0.4 is 5.32 Å². The zero-order valence-electron chi connectivity index (χ0n) is 11.7. The highest BCUT2D eigenvalue weighted by Gasteiger charge is 2.16. The summed E-state index contributed by atoms with van der Waals surface area (Å²) in [5, 5.41) is 2.96. The lowest BCUT2D eigenvalue weighted by molar-refractivity contribution is -0.151. The van der Waals surface area contributed by atoms with Gasteiger partial charge in [-0.3, -0.25) is 4.79 Å². The number of hydrogen-bond acceptors (Lipinski definition) is 4. The van der Waals surface area contributed by atoms with Gasteiger partial charge in [0, 0.05) is 11.4 Å². The minimum Gasteiger partial charge on any atom is -0.459 e. The second-order valence-corrected chi connectivity index (χ2v) is 6.19. The zero-order chi connectivity index (χ0) is 14.5. The molecule has 1 aromatic carbocycles. The SMILES string of the molecule is CNCc1ccc(SCC(=O)OC(C)(C)C)c(F)c1. The highest BCUT2D eigenvalue weighted by atomic mass is 32.2. The number of carbonyl (C=O) groups is 1. The number of hydrogen-bond donors (Lipinski definition) is 1. The van der Waals surface area contributed by atoms with Crippen LogP contribution in [0.1, 0.15) is 26.3 Å². The van der Waals surface area contributed by atoms with E-state index in [1.807, 2.05) is 33.9 Å². The van der Waals surface area contributed by atoms with Crippen molar-refractivity contribution < 1.29 is 13.9 Å². The van der Waals surface area contributed by atoms with Gasteiger partial charge in [0.15, 0.2) is 0 Å². The maximum Gasteiger partial charge on any atom is 0.316 e. The summed E-state index contributed by atoms with van der Waals surface area (Å²) in [7, 11) is 1.81. The third-order valence-corrected chi connectivity index (χ3v) is 3.16. The highest BCUT2D eigenvalue weighted by Crippen LogP contribution is 2.23. The number of thioether (sulfide) groups is 1. The normalized spacial score (nSPS) is 11.4. The zero-order valence-corrected chi connectivity index (χ0v) is 12.6. The monoisotopic (exact) mass is 285 g/mol. The molecule has 0 aliphatic carbocycles. The van der Waals surface area contributed by atoms with Gasteiger partial charge in [0.25, 0.3) is 0 Å². The lowest BCUT2D eigenvalue weighted by atomic mass is 10.2. The van der Waals surface area contributed by atoms with Gasteiger partial charge in [-0.05, 0) is 45.5 Å². The van der Waals surface area contributed by atoms with E-state index in [1.54, 1.807) is 6.07 Å². The van der Waals surface area contributed by atoms with Gasteiger partial charge < -0.3 is 10.1 Å². The first-order chi connectivity index (χ1) is 8.81. The molecule has 0 spiro atoms. The second-order valence-electron chi connectivity index (χ2n) is 5.17. The maximum absolute atomic E-state index is 13.8. The smallest absolute Gasteiger partial charge is 0.316 e. The second kappa shape index (κ2) is 6.91. The Morgan fingerprint density at radius 2 is 2.11 bits per heavy atom.